The van der Waals surface area contributed by atoms with Crippen LogP contribution < -0.4 is 5.32 Å². The van der Waals surface area contributed by atoms with Crippen LogP contribution in [0.2, 0.25) is 0 Å². The molecule has 118 valence electrons. The van der Waals surface area contributed by atoms with Gasteiger partial charge < -0.3 is 9.72 Å². The molecule has 0 aliphatic rings. The molecule has 2 aromatic heterocycles. The minimum atomic E-state index is 0.0434. The highest BCUT2D eigenvalue weighted by Gasteiger charge is 2.17. The highest BCUT2D eigenvalue weighted by molar-refractivity contribution is 6.01. The van der Waals surface area contributed by atoms with Gasteiger partial charge in [0.2, 0.25) is 0 Å². The molecular weight excluding hydrogens is 286 g/mol. The van der Waals surface area contributed by atoms with E-state index in [0.29, 0.717) is 5.56 Å². The largest absolute Gasteiger partial charge is 0.354 e. The Hall–Kier alpha value is -2.62. The Morgan fingerprint density at radius 3 is 2.65 bits per heavy atom. The van der Waals surface area contributed by atoms with Crippen LogP contribution >= 0.6 is 0 Å². The number of Topliss-reactive ketones (excluding diaryl/α,β-unsaturated/α-hetero) is 1. The summed E-state index contributed by atoms with van der Waals surface area (Å²) >= 11 is 0. The fraction of sp³-hybridized carbons (Fsp3) is 0.263. The van der Waals surface area contributed by atoms with Crippen molar-refractivity contribution in [1.29, 1.82) is 0 Å². The molecule has 0 spiro atoms. The molecule has 0 radical (unpaired) electrons. The predicted molar refractivity (Wildman–Crippen MR) is 93.8 cm³/mol. The molecule has 1 N–H and O–H groups in total. The first-order valence-corrected chi connectivity index (χ1v) is 7.86. The van der Waals surface area contributed by atoms with Gasteiger partial charge in [0, 0.05) is 29.3 Å². The van der Waals surface area contributed by atoms with Crippen LogP contribution in [0.1, 0.15) is 41.0 Å². The zero-order valence-corrected chi connectivity index (χ0v) is 14.0. The number of pyridine rings is 1. The second-order valence-electron chi connectivity index (χ2n) is 5.84. The first-order valence-electron chi connectivity index (χ1n) is 7.86. The van der Waals surface area contributed by atoms with Crippen molar-refractivity contribution in [3.63, 3.8) is 0 Å². The van der Waals surface area contributed by atoms with Gasteiger partial charge in [-0.1, -0.05) is 25.1 Å². The predicted octanol–water partition coefficient (Wildman–Crippen LogP) is 4.46. The second kappa shape index (κ2) is 5.88. The molecule has 0 aliphatic carbocycles. The van der Waals surface area contributed by atoms with Gasteiger partial charge in [-0.15, -0.1) is 0 Å². The maximum Gasteiger partial charge on any atom is 0.163 e. The number of carbonyl (C=O) groups excluding carboxylic acids is 1. The number of benzene rings is 1. The van der Waals surface area contributed by atoms with Crippen molar-refractivity contribution in [2.45, 2.75) is 34.1 Å². The average Bonchev–Trinajstić information content (AvgIpc) is 2.94. The van der Waals surface area contributed by atoms with Gasteiger partial charge in [0.05, 0.1) is 11.3 Å². The fourth-order valence-electron chi connectivity index (χ4n) is 2.86. The quantitative estimate of drug-likeness (QED) is 0.724. The summed E-state index contributed by atoms with van der Waals surface area (Å²) < 4.78 is 2.02. The van der Waals surface area contributed by atoms with Crippen molar-refractivity contribution < 1.29 is 4.79 Å². The minimum Gasteiger partial charge on any atom is -0.354 e. The standard InChI is InChI=1S/C19H21N3O/c1-5-15-10-20-19-13(3)18(16(14(4)23)11-22(15)19)21-17-9-7-6-8-12(17)2/h6-11,21H,5H2,1-4H3. The van der Waals surface area contributed by atoms with Crippen molar-refractivity contribution in [2.75, 3.05) is 5.32 Å². The number of nitrogens with zero attached hydrogens (tertiary/aromatic N) is 2. The summed E-state index contributed by atoms with van der Waals surface area (Å²) in [5.74, 6) is 0.0434. The van der Waals surface area contributed by atoms with E-state index in [-0.39, 0.29) is 5.78 Å². The van der Waals surface area contributed by atoms with Gasteiger partial charge in [-0.05, 0) is 38.8 Å². The number of hydrogen-bond donors (Lipinski definition) is 1. The topological polar surface area (TPSA) is 46.4 Å². The van der Waals surface area contributed by atoms with Gasteiger partial charge in [0.15, 0.2) is 5.78 Å². The lowest BCUT2D eigenvalue weighted by molar-refractivity contribution is 0.101. The molecule has 0 amide bonds. The van der Waals surface area contributed by atoms with Crippen molar-refractivity contribution in [1.82, 2.24) is 9.38 Å². The third kappa shape index (κ3) is 2.61. The SMILES string of the molecule is CCc1cnc2c(C)c(Nc3ccccc3C)c(C(C)=O)cn12. The lowest BCUT2D eigenvalue weighted by atomic mass is 10.1. The number of aryl methyl sites for hydroxylation is 3. The van der Waals surface area contributed by atoms with Crippen LogP contribution in [-0.2, 0) is 6.42 Å². The normalized spacial score (nSPS) is 11.0. The molecule has 0 saturated carbocycles. The summed E-state index contributed by atoms with van der Waals surface area (Å²) in [5, 5.41) is 3.44. The van der Waals surface area contributed by atoms with Crippen molar-refractivity contribution in [3.05, 3.63) is 59.0 Å². The summed E-state index contributed by atoms with van der Waals surface area (Å²) in [5.41, 5.74) is 6.65. The molecule has 0 bridgehead atoms. The Labute approximate surface area is 136 Å². The lowest BCUT2D eigenvalue weighted by Gasteiger charge is -2.16. The van der Waals surface area contributed by atoms with Crippen LogP contribution in [0.5, 0.6) is 0 Å². The van der Waals surface area contributed by atoms with Crippen molar-refractivity contribution in [2.24, 2.45) is 0 Å². The number of ketones is 1. The number of para-hydroxylation sites is 1. The van der Waals surface area contributed by atoms with Crippen LogP contribution in [0.15, 0.2) is 36.7 Å². The number of anilines is 2. The number of rotatable bonds is 4. The first kappa shape index (κ1) is 15.3. The summed E-state index contributed by atoms with van der Waals surface area (Å²) in [7, 11) is 0. The molecule has 4 nitrogen and oxygen atoms in total. The van der Waals surface area contributed by atoms with Crippen molar-refractivity contribution >= 4 is 22.8 Å². The highest BCUT2D eigenvalue weighted by atomic mass is 16.1. The Balaban J connectivity index is 2.22. The molecule has 1 aromatic carbocycles. The van der Waals surface area contributed by atoms with Crippen LogP contribution in [0.25, 0.3) is 5.65 Å². The molecule has 0 unspecified atom stereocenters. The third-order valence-electron chi connectivity index (χ3n) is 4.26. The number of fused-ring (bicyclic) bond motifs is 1. The zero-order valence-electron chi connectivity index (χ0n) is 14.0. The van der Waals surface area contributed by atoms with E-state index in [2.05, 4.69) is 17.2 Å². The molecule has 0 saturated heterocycles. The summed E-state index contributed by atoms with van der Waals surface area (Å²) in [6.07, 6.45) is 4.66. The van der Waals surface area contributed by atoms with Gasteiger partial charge in [0.25, 0.3) is 0 Å². The molecule has 4 heteroatoms. The summed E-state index contributed by atoms with van der Waals surface area (Å²) in [6.45, 7) is 7.75. The molecule has 0 aliphatic heterocycles. The maximum absolute atomic E-state index is 12.2. The fourth-order valence-corrected chi connectivity index (χ4v) is 2.86. The first-order chi connectivity index (χ1) is 11.0. The number of aromatic nitrogens is 2. The van der Waals surface area contributed by atoms with Gasteiger partial charge in [0.1, 0.15) is 5.65 Å². The highest BCUT2D eigenvalue weighted by Crippen LogP contribution is 2.30. The van der Waals surface area contributed by atoms with E-state index in [1.807, 2.05) is 54.9 Å². The van der Waals surface area contributed by atoms with Crippen LogP contribution in [-0.4, -0.2) is 15.2 Å². The van der Waals surface area contributed by atoms with Crippen LogP contribution in [0.3, 0.4) is 0 Å². The Bertz CT molecular complexity index is 893. The molecular formula is C19H21N3O. The lowest BCUT2D eigenvalue weighted by Crippen LogP contribution is -2.07. The molecule has 3 rings (SSSR count). The Morgan fingerprint density at radius 1 is 1.26 bits per heavy atom. The van der Waals surface area contributed by atoms with E-state index in [4.69, 9.17) is 0 Å². The average molecular weight is 307 g/mol. The smallest absolute Gasteiger partial charge is 0.163 e. The number of nitrogens with one attached hydrogen (secondary N) is 1. The number of carbonyl (C=O) groups is 1. The maximum atomic E-state index is 12.2. The number of imidazole rings is 1. The van der Waals surface area contributed by atoms with Crippen LogP contribution in [0.4, 0.5) is 11.4 Å². The van der Waals surface area contributed by atoms with Gasteiger partial charge >= 0.3 is 0 Å². The molecule has 0 atom stereocenters. The Kier molecular flexibility index (Phi) is 3.90. The van der Waals surface area contributed by atoms with Crippen molar-refractivity contribution in [3.8, 4) is 0 Å². The molecule has 0 fully saturated rings. The summed E-state index contributed by atoms with van der Waals surface area (Å²) in [4.78, 5) is 16.7. The monoisotopic (exact) mass is 307 g/mol. The number of hydrogen-bond acceptors (Lipinski definition) is 3. The zero-order chi connectivity index (χ0) is 16.6. The van der Waals surface area contributed by atoms with E-state index < -0.39 is 0 Å². The minimum absolute atomic E-state index is 0.0434. The van der Waals surface area contributed by atoms with Gasteiger partial charge in [-0.2, -0.15) is 0 Å². The molecule has 2 heterocycles. The van der Waals surface area contributed by atoms with Gasteiger partial charge in [-0.25, -0.2) is 4.98 Å². The van der Waals surface area contributed by atoms with Crippen LogP contribution in [0, 0.1) is 13.8 Å². The van der Waals surface area contributed by atoms with Gasteiger partial charge in [-0.3, -0.25) is 4.79 Å². The second-order valence-corrected chi connectivity index (χ2v) is 5.84. The van der Waals surface area contributed by atoms with E-state index >= 15 is 0 Å². The molecule has 3 aromatic rings. The van der Waals surface area contributed by atoms with E-state index in [9.17, 15) is 4.79 Å². The Morgan fingerprint density at radius 2 is 2.00 bits per heavy atom. The van der Waals surface area contributed by atoms with E-state index in [0.717, 1.165) is 40.3 Å². The third-order valence-corrected chi connectivity index (χ3v) is 4.26. The summed E-state index contributed by atoms with van der Waals surface area (Å²) in [6, 6.07) is 8.06. The molecule has 23 heavy (non-hydrogen) atoms. The van der Waals surface area contributed by atoms with E-state index in [1.54, 1.807) is 6.92 Å². The van der Waals surface area contributed by atoms with E-state index in [1.165, 1.54) is 0 Å².